The summed E-state index contributed by atoms with van der Waals surface area (Å²) in [5.41, 5.74) is 2.40. The van der Waals surface area contributed by atoms with Gasteiger partial charge in [0.2, 0.25) is 5.95 Å². The van der Waals surface area contributed by atoms with Crippen LogP contribution in [0, 0.1) is 0 Å². The van der Waals surface area contributed by atoms with Crippen molar-refractivity contribution in [3.63, 3.8) is 0 Å². The normalized spacial score (nSPS) is 14.2. The SMILES string of the molecule is COc1cccc2[nH]c(CNc3nc(N4CCN(C)CC4)nn4c(Br)cnc34)nc12.O=CO. The maximum atomic E-state index is 8.36. The van der Waals surface area contributed by atoms with Crippen molar-refractivity contribution in [2.45, 2.75) is 6.54 Å². The minimum absolute atomic E-state index is 0.250. The summed E-state index contributed by atoms with van der Waals surface area (Å²) in [5.74, 6) is 2.88. The summed E-state index contributed by atoms with van der Waals surface area (Å²) < 4.78 is 7.96. The van der Waals surface area contributed by atoms with Gasteiger partial charge in [-0.25, -0.2) is 9.97 Å². The van der Waals surface area contributed by atoms with Crippen LogP contribution >= 0.6 is 15.9 Å². The number of methoxy groups -OCH3 is 1. The van der Waals surface area contributed by atoms with Crippen LogP contribution in [-0.2, 0) is 11.3 Å². The number of H-pyrrole nitrogens is 1. The lowest BCUT2D eigenvalue weighted by Crippen LogP contribution is -2.45. The minimum Gasteiger partial charge on any atom is -0.494 e. The van der Waals surface area contributed by atoms with Gasteiger partial charge in [0.15, 0.2) is 11.5 Å². The summed E-state index contributed by atoms with van der Waals surface area (Å²) in [4.78, 5) is 30.1. The number of hydrogen-bond donors (Lipinski definition) is 3. The second kappa shape index (κ2) is 10.0. The van der Waals surface area contributed by atoms with Crippen LogP contribution < -0.4 is 15.0 Å². The van der Waals surface area contributed by atoms with Gasteiger partial charge in [0, 0.05) is 26.2 Å². The van der Waals surface area contributed by atoms with E-state index in [1.165, 1.54) is 0 Å². The summed E-state index contributed by atoms with van der Waals surface area (Å²) in [5, 5.41) is 14.9. The first-order chi connectivity index (χ1) is 16.0. The first-order valence-electron chi connectivity index (χ1n) is 10.2. The number of benzene rings is 1. The van der Waals surface area contributed by atoms with E-state index in [1.807, 2.05) is 18.2 Å². The molecule has 1 aliphatic rings. The van der Waals surface area contributed by atoms with E-state index in [9.17, 15) is 0 Å². The van der Waals surface area contributed by atoms with Crippen LogP contribution in [-0.4, -0.2) is 86.4 Å². The molecule has 1 aromatic carbocycles. The minimum atomic E-state index is -0.250. The van der Waals surface area contributed by atoms with Crippen molar-refractivity contribution in [2.24, 2.45) is 0 Å². The van der Waals surface area contributed by atoms with E-state index in [-0.39, 0.29) is 6.47 Å². The van der Waals surface area contributed by atoms with Crippen LogP contribution in [0.25, 0.3) is 16.7 Å². The molecule has 0 aliphatic carbocycles. The van der Waals surface area contributed by atoms with E-state index in [1.54, 1.807) is 17.8 Å². The Morgan fingerprint density at radius 3 is 2.76 bits per heavy atom. The number of halogens is 1. The number of aromatic nitrogens is 6. The van der Waals surface area contributed by atoms with Gasteiger partial charge in [-0.2, -0.15) is 9.50 Å². The molecule has 3 aromatic heterocycles. The fraction of sp³-hybridized carbons (Fsp3) is 0.350. The molecule has 0 amide bonds. The van der Waals surface area contributed by atoms with Crippen molar-refractivity contribution in [3.8, 4) is 5.75 Å². The summed E-state index contributed by atoms with van der Waals surface area (Å²) in [6.07, 6.45) is 1.73. The maximum Gasteiger partial charge on any atom is 0.290 e. The van der Waals surface area contributed by atoms with Crippen LogP contribution in [0.4, 0.5) is 11.8 Å². The molecule has 1 fully saturated rings. The number of likely N-dealkylation sites (N-methyl/N-ethyl adjacent to an activating group) is 1. The molecule has 0 unspecified atom stereocenters. The highest BCUT2D eigenvalue weighted by Crippen LogP contribution is 2.25. The number of aromatic amines is 1. The third-order valence-electron chi connectivity index (χ3n) is 5.26. The number of carboxylic acid groups (broad SMARTS) is 1. The van der Waals surface area contributed by atoms with Crippen molar-refractivity contribution in [1.29, 1.82) is 0 Å². The number of fused-ring (bicyclic) bond motifs is 2. The van der Waals surface area contributed by atoms with Gasteiger partial charge in [0.05, 0.1) is 25.4 Å². The Labute approximate surface area is 197 Å². The van der Waals surface area contributed by atoms with Gasteiger partial charge in [-0.3, -0.25) is 4.79 Å². The zero-order valence-electron chi connectivity index (χ0n) is 18.2. The molecule has 174 valence electrons. The molecule has 1 saturated heterocycles. The van der Waals surface area contributed by atoms with Crippen LogP contribution in [0.3, 0.4) is 0 Å². The van der Waals surface area contributed by atoms with Crippen molar-refractivity contribution in [3.05, 3.63) is 34.8 Å². The standard InChI is InChI=1S/C19H22BrN9O.CH2O2/c1-27-6-8-28(9-7-27)19-25-17(18-22-10-14(20)29(18)26-19)21-11-15-23-12-4-3-5-13(30-2)16(12)24-15;2-1-3/h3-5,10H,6-9,11H2,1-2H3,(H,23,24)(H,21,25,26);1H,(H,2,3). The lowest BCUT2D eigenvalue weighted by atomic mass is 10.3. The van der Waals surface area contributed by atoms with Crippen LogP contribution in [0.1, 0.15) is 5.82 Å². The fourth-order valence-corrected chi connectivity index (χ4v) is 3.92. The molecule has 3 N–H and O–H groups in total. The van der Waals surface area contributed by atoms with Crippen molar-refractivity contribution in [2.75, 3.05) is 50.6 Å². The number of anilines is 2. The molecule has 0 radical (unpaired) electrons. The zero-order chi connectivity index (χ0) is 23.4. The third kappa shape index (κ3) is 4.83. The Hall–Kier alpha value is -3.45. The lowest BCUT2D eigenvalue weighted by molar-refractivity contribution is -0.122. The lowest BCUT2D eigenvalue weighted by Gasteiger charge is -2.32. The van der Waals surface area contributed by atoms with E-state index in [4.69, 9.17) is 19.6 Å². The Morgan fingerprint density at radius 2 is 2.03 bits per heavy atom. The average Bonchev–Trinajstić information content (AvgIpc) is 3.41. The molecule has 12 nitrogen and oxygen atoms in total. The topological polar surface area (TPSA) is 137 Å². The van der Waals surface area contributed by atoms with Crippen LogP contribution in [0.5, 0.6) is 5.75 Å². The molecule has 0 bridgehead atoms. The zero-order valence-corrected chi connectivity index (χ0v) is 19.8. The van der Waals surface area contributed by atoms with Gasteiger partial charge in [-0.15, -0.1) is 5.10 Å². The number of imidazole rings is 2. The molecule has 4 heterocycles. The number of para-hydroxylation sites is 1. The molecule has 13 heteroatoms. The number of piperazine rings is 1. The molecule has 0 spiro atoms. The molecule has 33 heavy (non-hydrogen) atoms. The summed E-state index contributed by atoms with van der Waals surface area (Å²) in [6, 6.07) is 5.82. The Kier molecular flexibility index (Phi) is 6.89. The van der Waals surface area contributed by atoms with Crippen molar-refractivity contribution < 1.29 is 14.6 Å². The Morgan fingerprint density at radius 1 is 1.27 bits per heavy atom. The smallest absolute Gasteiger partial charge is 0.290 e. The third-order valence-corrected chi connectivity index (χ3v) is 5.80. The fourth-order valence-electron chi connectivity index (χ4n) is 3.58. The first kappa shape index (κ1) is 22.7. The molecule has 4 aromatic rings. The van der Waals surface area contributed by atoms with E-state index in [2.05, 4.69) is 58.1 Å². The van der Waals surface area contributed by atoms with Gasteiger partial charge in [0.1, 0.15) is 21.7 Å². The van der Waals surface area contributed by atoms with E-state index in [0.717, 1.165) is 53.4 Å². The number of hydrogen-bond acceptors (Lipinski definition) is 9. The average molecular weight is 518 g/mol. The summed E-state index contributed by atoms with van der Waals surface area (Å²) in [7, 11) is 3.78. The molecular formula is C20H24BrN9O3. The van der Waals surface area contributed by atoms with Gasteiger partial charge >= 0.3 is 0 Å². The largest absolute Gasteiger partial charge is 0.494 e. The monoisotopic (exact) mass is 517 g/mol. The van der Waals surface area contributed by atoms with Gasteiger partial charge in [0.25, 0.3) is 6.47 Å². The van der Waals surface area contributed by atoms with E-state index in [0.29, 0.717) is 24.0 Å². The first-order valence-corrected chi connectivity index (χ1v) is 11.0. The summed E-state index contributed by atoms with van der Waals surface area (Å²) >= 11 is 3.53. The second-order valence-corrected chi connectivity index (χ2v) is 8.18. The molecule has 1 aliphatic heterocycles. The number of nitrogens with one attached hydrogen (secondary N) is 2. The number of ether oxygens (including phenoxy) is 1. The highest BCUT2D eigenvalue weighted by atomic mass is 79.9. The maximum absolute atomic E-state index is 8.36. The summed E-state index contributed by atoms with van der Waals surface area (Å²) in [6.45, 7) is 3.96. The molecule has 0 atom stereocenters. The second-order valence-electron chi connectivity index (χ2n) is 7.37. The number of carbonyl (C=O) groups is 1. The molecule has 5 rings (SSSR count). The predicted octanol–water partition coefficient (Wildman–Crippen LogP) is 1.84. The van der Waals surface area contributed by atoms with Gasteiger partial charge in [-0.1, -0.05) is 6.07 Å². The van der Waals surface area contributed by atoms with E-state index >= 15 is 0 Å². The molecule has 0 saturated carbocycles. The molecular weight excluding hydrogens is 494 g/mol. The van der Waals surface area contributed by atoms with Gasteiger partial charge < -0.3 is 29.9 Å². The Balaban J connectivity index is 0.000000821. The highest BCUT2D eigenvalue weighted by molar-refractivity contribution is 9.10. The number of rotatable bonds is 5. The highest BCUT2D eigenvalue weighted by Gasteiger charge is 2.20. The van der Waals surface area contributed by atoms with Crippen LogP contribution in [0.2, 0.25) is 0 Å². The quantitative estimate of drug-likeness (QED) is 0.336. The number of nitrogens with zero attached hydrogens (tertiary/aromatic N) is 7. The van der Waals surface area contributed by atoms with Crippen molar-refractivity contribution in [1.82, 2.24) is 34.4 Å². The van der Waals surface area contributed by atoms with Crippen LogP contribution in [0.15, 0.2) is 29.0 Å². The predicted molar refractivity (Wildman–Crippen MR) is 127 cm³/mol. The van der Waals surface area contributed by atoms with E-state index < -0.39 is 0 Å². The van der Waals surface area contributed by atoms with Crippen molar-refractivity contribution >= 4 is 50.8 Å². The van der Waals surface area contributed by atoms with Gasteiger partial charge in [-0.05, 0) is 35.1 Å². The Bertz CT molecular complexity index is 1250.